The molecular formula is C13H23ClN4O2. The maximum absolute atomic E-state index is 12.1. The Morgan fingerprint density at radius 3 is 2.65 bits per heavy atom. The summed E-state index contributed by atoms with van der Waals surface area (Å²) in [4.78, 5) is 14.1. The molecule has 2 N–H and O–H groups in total. The van der Waals surface area contributed by atoms with E-state index in [4.69, 9.17) is 11.6 Å². The number of aliphatic hydroxyl groups excluding tert-OH is 1. The summed E-state index contributed by atoms with van der Waals surface area (Å²) in [5.74, 6) is 0.215. The largest absolute Gasteiger partial charge is 0.394 e. The highest BCUT2D eigenvalue weighted by molar-refractivity contribution is 6.32. The minimum atomic E-state index is -0.320. The molecule has 0 aliphatic carbocycles. The van der Waals surface area contributed by atoms with Crippen molar-refractivity contribution in [1.29, 1.82) is 0 Å². The van der Waals surface area contributed by atoms with Crippen LogP contribution in [0, 0.1) is 5.92 Å². The molecule has 0 aliphatic rings. The van der Waals surface area contributed by atoms with E-state index in [2.05, 4.69) is 10.4 Å². The maximum Gasteiger partial charge on any atom is 0.287 e. The molecule has 1 heterocycles. The molecule has 6 nitrogen and oxygen atoms in total. The normalized spacial score (nSPS) is 13.0. The zero-order chi connectivity index (χ0) is 15.3. The smallest absolute Gasteiger partial charge is 0.287 e. The molecule has 1 unspecified atom stereocenters. The van der Waals surface area contributed by atoms with Gasteiger partial charge < -0.3 is 15.3 Å². The number of aliphatic hydroxyl groups is 1. The van der Waals surface area contributed by atoms with Gasteiger partial charge in [-0.25, -0.2) is 4.68 Å². The Balaban J connectivity index is 2.91. The monoisotopic (exact) mass is 302 g/mol. The van der Waals surface area contributed by atoms with Crippen LogP contribution in [-0.2, 0) is 6.54 Å². The van der Waals surface area contributed by atoms with Crippen LogP contribution in [0.3, 0.4) is 0 Å². The van der Waals surface area contributed by atoms with Gasteiger partial charge in [0.05, 0.1) is 31.1 Å². The van der Waals surface area contributed by atoms with Crippen molar-refractivity contribution in [3.05, 3.63) is 21.6 Å². The average Bonchev–Trinajstić information content (AvgIpc) is 2.38. The second kappa shape index (κ2) is 7.61. The highest BCUT2D eigenvalue weighted by atomic mass is 35.5. The standard InChI is InChI=1S/C13H23ClN4O2/c1-9(2)11(8-19)16-10-7-15-18(6-5-17(3)4)13(20)12(10)14/h7,9,11,16,19H,5-6,8H2,1-4H3. The number of likely N-dealkylation sites (N-methyl/N-ethyl adjacent to an activating group) is 1. The van der Waals surface area contributed by atoms with Gasteiger partial charge in [-0.1, -0.05) is 25.4 Å². The topological polar surface area (TPSA) is 70.4 Å². The van der Waals surface area contributed by atoms with Crippen LogP contribution < -0.4 is 10.9 Å². The Morgan fingerprint density at radius 1 is 1.50 bits per heavy atom. The highest BCUT2D eigenvalue weighted by Crippen LogP contribution is 2.18. The fraction of sp³-hybridized carbons (Fsp3) is 0.692. The van der Waals surface area contributed by atoms with Crippen molar-refractivity contribution in [1.82, 2.24) is 14.7 Å². The summed E-state index contributed by atoms with van der Waals surface area (Å²) in [6.07, 6.45) is 1.53. The van der Waals surface area contributed by atoms with Crippen LogP contribution in [0.4, 0.5) is 5.69 Å². The second-order valence-electron chi connectivity index (χ2n) is 5.38. The third-order valence-corrected chi connectivity index (χ3v) is 3.45. The van der Waals surface area contributed by atoms with Crippen LogP contribution in [-0.4, -0.2) is 53.1 Å². The number of halogens is 1. The SMILES string of the molecule is CC(C)C(CO)Nc1cnn(CCN(C)C)c(=O)c1Cl. The van der Waals surface area contributed by atoms with Crippen molar-refractivity contribution in [3.63, 3.8) is 0 Å². The molecule has 0 saturated heterocycles. The van der Waals surface area contributed by atoms with E-state index in [1.165, 1.54) is 10.9 Å². The average molecular weight is 303 g/mol. The Labute approximate surface area is 124 Å². The van der Waals surface area contributed by atoms with Gasteiger partial charge in [-0.3, -0.25) is 4.79 Å². The summed E-state index contributed by atoms with van der Waals surface area (Å²) in [5, 5.41) is 16.6. The molecule has 0 saturated carbocycles. The fourth-order valence-corrected chi connectivity index (χ4v) is 1.84. The van der Waals surface area contributed by atoms with E-state index in [0.717, 1.165) is 0 Å². The van der Waals surface area contributed by atoms with Gasteiger partial charge in [0.15, 0.2) is 0 Å². The van der Waals surface area contributed by atoms with E-state index < -0.39 is 0 Å². The van der Waals surface area contributed by atoms with Crippen molar-refractivity contribution in [2.75, 3.05) is 32.6 Å². The van der Waals surface area contributed by atoms with E-state index in [0.29, 0.717) is 18.8 Å². The first-order valence-electron chi connectivity index (χ1n) is 6.64. The number of nitrogens with zero attached hydrogens (tertiary/aromatic N) is 3. The summed E-state index contributed by atoms with van der Waals surface area (Å²) < 4.78 is 1.34. The molecule has 0 aromatic carbocycles. The predicted octanol–water partition coefficient (Wildman–Crippen LogP) is 0.887. The van der Waals surface area contributed by atoms with Crippen molar-refractivity contribution in [2.45, 2.75) is 26.4 Å². The van der Waals surface area contributed by atoms with Gasteiger partial charge in [0.25, 0.3) is 5.56 Å². The number of nitrogens with one attached hydrogen (secondary N) is 1. The molecule has 0 bridgehead atoms. The van der Waals surface area contributed by atoms with Crippen molar-refractivity contribution in [2.24, 2.45) is 5.92 Å². The first kappa shape index (κ1) is 16.9. The lowest BCUT2D eigenvalue weighted by Gasteiger charge is -2.21. The number of aromatic nitrogens is 2. The van der Waals surface area contributed by atoms with Crippen molar-refractivity contribution in [3.8, 4) is 0 Å². The van der Waals surface area contributed by atoms with Gasteiger partial charge in [0.2, 0.25) is 0 Å². The molecule has 1 rings (SSSR count). The van der Waals surface area contributed by atoms with Gasteiger partial charge in [-0.15, -0.1) is 0 Å². The predicted molar refractivity (Wildman–Crippen MR) is 81.4 cm³/mol. The fourth-order valence-electron chi connectivity index (χ4n) is 1.64. The van der Waals surface area contributed by atoms with Crippen LogP contribution in [0.15, 0.2) is 11.0 Å². The lowest BCUT2D eigenvalue weighted by atomic mass is 10.1. The zero-order valence-electron chi connectivity index (χ0n) is 12.4. The van der Waals surface area contributed by atoms with Crippen LogP contribution in [0.2, 0.25) is 5.02 Å². The summed E-state index contributed by atoms with van der Waals surface area (Å²) in [7, 11) is 3.86. The van der Waals surface area contributed by atoms with E-state index in [-0.39, 0.29) is 29.1 Å². The Hall–Kier alpha value is -1.11. The molecule has 7 heteroatoms. The molecule has 114 valence electrons. The number of anilines is 1. The number of rotatable bonds is 7. The first-order chi connectivity index (χ1) is 9.36. The molecule has 0 spiro atoms. The van der Waals surface area contributed by atoms with Gasteiger partial charge in [0, 0.05) is 6.54 Å². The van der Waals surface area contributed by atoms with Crippen LogP contribution in [0.5, 0.6) is 0 Å². The van der Waals surface area contributed by atoms with E-state index in [1.807, 2.05) is 32.8 Å². The minimum absolute atomic E-state index is 0.0300. The van der Waals surface area contributed by atoms with Crippen LogP contribution >= 0.6 is 11.6 Å². The summed E-state index contributed by atoms with van der Waals surface area (Å²) in [6, 6.07) is -0.161. The highest BCUT2D eigenvalue weighted by Gasteiger charge is 2.16. The summed E-state index contributed by atoms with van der Waals surface area (Å²) in [5.41, 5.74) is 0.143. The molecule has 0 radical (unpaired) electrons. The quantitative estimate of drug-likeness (QED) is 0.783. The van der Waals surface area contributed by atoms with E-state index in [9.17, 15) is 9.90 Å². The molecule has 0 amide bonds. The lowest BCUT2D eigenvalue weighted by molar-refractivity contribution is 0.249. The Kier molecular flexibility index (Phi) is 6.45. The van der Waals surface area contributed by atoms with Crippen molar-refractivity contribution < 1.29 is 5.11 Å². The van der Waals surface area contributed by atoms with Gasteiger partial charge in [-0.05, 0) is 20.0 Å². The van der Waals surface area contributed by atoms with Crippen LogP contribution in [0.1, 0.15) is 13.8 Å². The Bertz CT molecular complexity index is 488. The summed E-state index contributed by atoms with van der Waals surface area (Å²) in [6.45, 7) is 5.12. The van der Waals surface area contributed by atoms with Gasteiger partial charge >= 0.3 is 0 Å². The summed E-state index contributed by atoms with van der Waals surface area (Å²) >= 11 is 6.09. The minimum Gasteiger partial charge on any atom is -0.394 e. The lowest BCUT2D eigenvalue weighted by Crippen LogP contribution is -2.33. The molecule has 1 atom stereocenters. The molecule has 0 fully saturated rings. The number of hydrogen-bond donors (Lipinski definition) is 2. The Morgan fingerprint density at radius 2 is 2.15 bits per heavy atom. The molecule has 0 aliphatic heterocycles. The second-order valence-corrected chi connectivity index (χ2v) is 5.76. The van der Waals surface area contributed by atoms with Crippen LogP contribution in [0.25, 0.3) is 0 Å². The van der Waals surface area contributed by atoms with Crippen molar-refractivity contribution >= 4 is 17.3 Å². The van der Waals surface area contributed by atoms with Gasteiger partial charge in [0.1, 0.15) is 5.02 Å². The maximum atomic E-state index is 12.1. The van der Waals surface area contributed by atoms with E-state index in [1.54, 1.807) is 0 Å². The molecule has 1 aromatic heterocycles. The molecule has 1 aromatic rings. The molecule has 20 heavy (non-hydrogen) atoms. The third kappa shape index (κ3) is 4.47. The number of hydrogen-bond acceptors (Lipinski definition) is 5. The first-order valence-corrected chi connectivity index (χ1v) is 7.02. The van der Waals surface area contributed by atoms with E-state index >= 15 is 0 Å². The van der Waals surface area contributed by atoms with Gasteiger partial charge in [-0.2, -0.15) is 5.10 Å². The molecular weight excluding hydrogens is 280 g/mol. The zero-order valence-corrected chi connectivity index (χ0v) is 13.2. The third-order valence-electron chi connectivity index (χ3n) is 3.09.